The molecule has 3 heterocycles. The van der Waals surface area contributed by atoms with Crippen molar-refractivity contribution in [3.63, 3.8) is 0 Å². The first-order valence-corrected chi connectivity index (χ1v) is 14.5. The molecule has 2 aliphatic carbocycles. The average Bonchev–Trinajstić information content (AvgIpc) is 3.51. The van der Waals surface area contributed by atoms with Gasteiger partial charge >= 0.3 is 0 Å². The predicted molar refractivity (Wildman–Crippen MR) is 141 cm³/mol. The Morgan fingerprint density at radius 3 is 2.43 bits per heavy atom. The van der Waals surface area contributed by atoms with Crippen molar-refractivity contribution in [1.82, 2.24) is 14.9 Å². The maximum atomic E-state index is 14.1. The highest BCUT2D eigenvalue weighted by Gasteiger charge is 2.63. The van der Waals surface area contributed by atoms with Crippen molar-refractivity contribution in [3.05, 3.63) is 17.0 Å². The van der Waals surface area contributed by atoms with Crippen molar-refractivity contribution in [3.8, 4) is 5.88 Å². The lowest BCUT2D eigenvalue weighted by molar-refractivity contribution is -0.251. The second kappa shape index (κ2) is 12.1. The molecule has 2 saturated carbocycles. The zero-order valence-corrected chi connectivity index (χ0v) is 23.5. The molecule has 2 aliphatic heterocycles. The summed E-state index contributed by atoms with van der Waals surface area (Å²) < 4.78 is 18.4. The summed E-state index contributed by atoms with van der Waals surface area (Å²) in [6, 6.07) is 1.82. The number of ether oxygens (including phenoxy) is 3. The SMILES string of the molecule is CC.C[C@H](Oc1cc(Cl)nc(C(=O)C2CCCCC3(CCCCC34OCCO4)C2=O)n1)C1CCCN1C. The average molecular weight is 536 g/mol. The maximum absolute atomic E-state index is 14.1. The Balaban J connectivity index is 0.00000156. The lowest BCUT2D eigenvalue weighted by atomic mass is 9.62. The van der Waals surface area contributed by atoms with Crippen LogP contribution in [0.2, 0.25) is 5.15 Å². The summed E-state index contributed by atoms with van der Waals surface area (Å²) in [6.07, 6.45) is 8.15. The number of Topliss-reactive ketones (excluding diaryl/α,β-unsaturated/α-hetero) is 2. The molecule has 0 N–H and O–H groups in total. The highest BCUT2D eigenvalue weighted by Crippen LogP contribution is 2.55. The fourth-order valence-corrected chi connectivity index (χ4v) is 7.02. The number of hydrogen-bond acceptors (Lipinski definition) is 8. The first-order chi connectivity index (χ1) is 17.9. The minimum Gasteiger partial charge on any atom is -0.473 e. The Morgan fingerprint density at radius 2 is 1.76 bits per heavy atom. The summed E-state index contributed by atoms with van der Waals surface area (Å²) in [7, 11) is 2.09. The summed E-state index contributed by atoms with van der Waals surface area (Å²) in [5, 5.41) is 0.137. The molecule has 5 rings (SSSR count). The lowest BCUT2D eigenvalue weighted by Crippen LogP contribution is -2.57. The fraction of sp³-hybridized carbons (Fsp3) is 0.786. The summed E-state index contributed by atoms with van der Waals surface area (Å²) in [4.78, 5) is 38.8. The van der Waals surface area contributed by atoms with Crippen LogP contribution in [-0.4, -0.2) is 71.2 Å². The smallest absolute Gasteiger partial charge is 0.218 e. The number of fused-ring (bicyclic) bond motifs is 1. The fourth-order valence-electron chi connectivity index (χ4n) is 6.85. The molecule has 0 radical (unpaired) electrons. The van der Waals surface area contributed by atoms with E-state index in [0.717, 1.165) is 45.1 Å². The topological polar surface area (TPSA) is 90.8 Å². The second-order valence-corrected chi connectivity index (χ2v) is 11.0. The Labute approximate surface area is 225 Å². The van der Waals surface area contributed by atoms with Gasteiger partial charge in [-0.2, -0.15) is 4.98 Å². The first kappa shape index (κ1) is 28.4. The van der Waals surface area contributed by atoms with Gasteiger partial charge in [0, 0.05) is 18.5 Å². The van der Waals surface area contributed by atoms with Crippen LogP contribution in [0.1, 0.15) is 95.6 Å². The molecule has 4 aliphatic rings. The van der Waals surface area contributed by atoms with Crippen molar-refractivity contribution in [1.29, 1.82) is 0 Å². The van der Waals surface area contributed by atoms with Crippen LogP contribution in [0.5, 0.6) is 5.88 Å². The number of halogens is 1. The normalized spacial score (nSPS) is 30.6. The van der Waals surface area contributed by atoms with Crippen LogP contribution in [0.3, 0.4) is 0 Å². The molecule has 4 atom stereocenters. The number of aromatic nitrogens is 2. The van der Waals surface area contributed by atoms with Crippen molar-refractivity contribution < 1.29 is 23.8 Å². The monoisotopic (exact) mass is 535 g/mol. The molecule has 37 heavy (non-hydrogen) atoms. The number of likely N-dealkylation sites (tertiary alicyclic amines) is 1. The van der Waals surface area contributed by atoms with Crippen molar-refractivity contribution in [2.24, 2.45) is 11.3 Å². The Kier molecular flexibility index (Phi) is 9.25. The number of likely N-dealkylation sites (N-methyl/N-ethyl adjacent to an activating group) is 1. The van der Waals surface area contributed by atoms with Crippen molar-refractivity contribution in [2.75, 3.05) is 26.8 Å². The van der Waals surface area contributed by atoms with Gasteiger partial charge in [0.1, 0.15) is 11.3 Å². The molecular formula is C28H42ClN3O5. The summed E-state index contributed by atoms with van der Waals surface area (Å²) >= 11 is 6.30. The van der Waals surface area contributed by atoms with Crippen LogP contribution >= 0.6 is 11.6 Å². The number of rotatable bonds is 5. The quantitative estimate of drug-likeness (QED) is 0.286. The molecule has 4 fully saturated rings. The van der Waals surface area contributed by atoms with E-state index < -0.39 is 17.1 Å². The van der Waals surface area contributed by atoms with E-state index in [4.69, 9.17) is 25.8 Å². The van der Waals surface area contributed by atoms with Gasteiger partial charge in [0.2, 0.25) is 17.5 Å². The van der Waals surface area contributed by atoms with Crippen LogP contribution < -0.4 is 4.74 Å². The molecule has 1 aromatic heterocycles. The molecule has 1 aromatic rings. The number of carbonyl (C=O) groups is 2. The van der Waals surface area contributed by atoms with Gasteiger partial charge in [-0.25, -0.2) is 4.98 Å². The van der Waals surface area contributed by atoms with Gasteiger partial charge in [-0.05, 0) is 59.0 Å². The first-order valence-electron chi connectivity index (χ1n) is 14.1. The number of carbonyl (C=O) groups excluding carboxylic acids is 2. The third-order valence-electron chi connectivity index (χ3n) is 8.61. The van der Waals surface area contributed by atoms with Crippen LogP contribution in [-0.2, 0) is 14.3 Å². The van der Waals surface area contributed by atoms with E-state index in [9.17, 15) is 9.59 Å². The molecule has 3 unspecified atom stereocenters. The predicted octanol–water partition coefficient (Wildman–Crippen LogP) is 5.26. The maximum Gasteiger partial charge on any atom is 0.218 e. The van der Waals surface area contributed by atoms with E-state index in [-0.39, 0.29) is 40.6 Å². The van der Waals surface area contributed by atoms with E-state index in [1.807, 2.05) is 20.8 Å². The molecule has 0 bridgehead atoms. The number of ketones is 2. The zero-order chi connectivity index (χ0) is 26.6. The Morgan fingerprint density at radius 1 is 1.08 bits per heavy atom. The highest BCUT2D eigenvalue weighted by atomic mass is 35.5. The van der Waals surface area contributed by atoms with Gasteiger partial charge in [0.25, 0.3) is 0 Å². The molecule has 8 nitrogen and oxygen atoms in total. The third kappa shape index (κ3) is 5.45. The van der Waals surface area contributed by atoms with E-state index in [0.29, 0.717) is 38.9 Å². The van der Waals surface area contributed by atoms with E-state index in [1.165, 1.54) is 6.07 Å². The van der Waals surface area contributed by atoms with Crippen LogP contribution in [0, 0.1) is 11.3 Å². The standard InChI is InChI=1S/C26H36ClN3O5.C2H6/c1-17(19-9-7-13-30(19)2)35-21-16-20(27)28-24(29-21)22(31)18-8-3-4-10-25(23(18)32)11-5-6-12-26(25)33-14-15-34-26;1-2/h16-19H,3-15H2,1-2H3;1-2H3/t17-,18?,19?,25?;/m0./s1. The lowest BCUT2D eigenvalue weighted by Gasteiger charge is -2.49. The largest absolute Gasteiger partial charge is 0.473 e. The van der Waals surface area contributed by atoms with E-state index >= 15 is 0 Å². The van der Waals surface area contributed by atoms with Gasteiger partial charge in [0.05, 0.1) is 24.5 Å². The summed E-state index contributed by atoms with van der Waals surface area (Å²) in [5.41, 5.74) is -0.794. The van der Waals surface area contributed by atoms with Gasteiger partial charge in [0.15, 0.2) is 11.6 Å². The molecule has 0 aromatic carbocycles. The van der Waals surface area contributed by atoms with Gasteiger partial charge < -0.3 is 14.2 Å². The minimum atomic E-state index is -0.905. The number of hydrogen-bond donors (Lipinski definition) is 0. The minimum absolute atomic E-state index is 0.0482. The second-order valence-electron chi connectivity index (χ2n) is 10.6. The molecule has 2 saturated heterocycles. The molecule has 9 heteroatoms. The van der Waals surface area contributed by atoms with Gasteiger partial charge in [-0.15, -0.1) is 0 Å². The molecule has 0 amide bonds. The van der Waals surface area contributed by atoms with Crippen molar-refractivity contribution in [2.45, 2.75) is 103 Å². The van der Waals surface area contributed by atoms with Crippen molar-refractivity contribution >= 4 is 23.2 Å². The van der Waals surface area contributed by atoms with Crippen LogP contribution in [0.4, 0.5) is 0 Å². The highest BCUT2D eigenvalue weighted by molar-refractivity contribution is 6.29. The molecular weight excluding hydrogens is 494 g/mol. The van der Waals surface area contributed by atoms with Crippen LogP contribution in [0.25, 0.3) is 0 Å². The third-order valence-corrected chi connectivity index (χ3v) is 8.80. The van der Waals surface area contributed by atoms with E-state index in [1.54, 1.807) is 0 Å². The number of nitrogens with zero attached hydrogens (tertiary/aromatic N) is 3. The summed E-state index contributed by atoms with van der Waals surface area (Å²) in [5.74, 6) is -1.97. The van der Waals surface area contributed by atoms with Crippen LogP contribution in [0.15, 0.2) is 6.07 Å². The molecule has 2 spiro atoms. The zero-order valence-electron chi connectivity index (χ0n) is 22.8. The van der Waals surface area contributed by atoms with Gasteiger partial charge in [-0.3, -0.25) is 14.5 Å². The van der Waals surface area contributed by atoms with E-state index in [2.05, 4.69) is 21.9 Å². The van der Waals surface area contributed by atoms with Gasteiger partial charge in [-0.1, -0.05) is 44.7 Å². The Bertz CT molecular complexity index is 969. The molecule has 206 valence electrons. The Hall–Kier alpha value is -1.61. The summed E-state index contributed by atoms with van der Waals surface area (Å²) in [6.45, 7) is 8.01.